The fourth-order valence-corrected chi connectivity index (χ4v) is 2.71. The Balaban J connectivity index is 1.79. The Bertz CT molecular complexity index is 731. The first kappa shape index (κ1) is 18.1. The molecule has 1 aromatic carbocycles. The predicted octanol–water partition coefficient (Wildman–Crippen LogP) is 3.74. The molecular weight excluding hydrogens is 311 g/mol. The smallest absolute Gasteiger partial charge is 0.398 e. The molecule has 5 heteroatoms. The van der Waals surface area contributed by atoms with Gasteiger partial charge in [-0.15, -0.1) is 0 Å². The zero-order valence-corrected chi connectivity index (χ0v) is 16.3. The van der Waals surface area contributed by atoms with Crippen LogP contribution in [0, 0.1) is 0 Å². The fourth-order valence-electron chi connectivity index (χ4n) is 2.71. The van der Waals surface area contributed by atoms with Gasteiger partial charge in [0, 0.05) is 11.8 Å². The summed E-state index contributed by atoms with van der Waals surface area (Å²) in [5.74, 6) is 0. The SMILES string of the molecule is CC(C)(C)c1ccc(-c2cnc(B3OC(C)(C)C(C)(C)O3)cn2)cc1. The predicted molar refractivity (Wildman–Crippen MR) is 102 cm³/mol. The molecule has 132 valence electrons. The van der Waals surface area contributed by atoms with Gasteiger partial charge in [-0.3, -0.25) is 9.97 Å². The molecule has 0 bridgehead atoms. The van der Waals surface area contributed by atoms with Gasteiger partial charge in [-0.1, -0.05) is 45.0 Å². The second-order valence-corrected chi connectivity index (χ2v) is 8.74. The minimum absolute atomic E-state index is 0.144. The van der Waals surface area contributed by atoms with Crippen LogP contribution in [0.3, 0.4) is 0 Å². The molecule has 1 aromatic heterocycles. The molecule has 0 amide bonds. The maximum Gasteiger partial charge on any atom is 0.516 e. The number of benzene rings is 1. The van der Waals surface area contributed by atoms with E-state index >= 15 is 0 Å². The average molecular weight is 338 g/mol. The third kappa shape index (κ3) is 3.49. The van der Waals surface area contributed by atoms with E-state index in [0.29, 0.717) is 5.59 Å². The fraction of sp³-hybridized carbons (Fsp3) is 0.500. The molecule has 3 rings (SSSR count). The monoisotopic (exact) mass is 338 g/mol. The summed E-state index contributed by atoms with van der Waals surface area (Å²) in [6.45, 7) is 14.8. The highest BCUT2D eigenvalue weighted by Crippen LogP contribution is 2.36. The molecule has 0 N–H and O–H groups in total. The van der Waals surface area contributed by atoms with Crippen LogP contribution in [0.25, 0.3) is 11.3 Å². The Hall–Kier alpha value is -1.72. The van der Waals surface area contributed by atoms with Crippen LogP contribution in [-0.2, 0) is 14.7 Å². The minimum atomic E-state index is -0.477. The van der Waals surface area contributed by atoms with Crippen molar-refractivity contribution in [1.82, 2.24) is 9.97 Å². The van der Waals surface area contributed by atoms with Crippen LogP contribution in [-0.4, -0.2) is 28.3 Å². The quantitative estimate of drug-likeness (QED) is 0.783. The van der Waals surface area contributed by atoms with Gasteiger partial charge in [0.05, 0.1) is 28.7 Å². The molecule has 2 heterocycles. The summed E-state index contributed by atoms with van der Waals surface area (Å²) >= 11 is 0. The van der Waals surface area contributed by atoms with E-state index in [1.54, 1.807) is 12.4 Å². The number of hydrogen-bond donors (Lipinski definition) is 0. The van der Waals surface area contributed by atoms with Crippen molar-refractivity contribution in [2.75, 3.05) is 0 Å². The minimum Gasteiger partial charge on any atom is -0.398 e. The molecule has 1 fully saturated rings. The normalized spacial score (nSPS) is 19.2. The zero-order chi connectivity index (χ0) is 18.5. The van der Waals surface area contributed by atoms with Crippen LogP contribution in [0.2, 0.25) is 0 Å². The van der Waals surface area contributed by atoms with Crippen molar-refractivity contribution in [3.05, 3.63) is 42.2 Å². The summed E-state index contributed by atoms with van der Waals surface area (Å²) in [6, 6.07) is 8.50. The third-order valence-electron chi connectivity index (χ3n) is 5.21. The number of aromatic nitrogens is 2. The molecule has 1 aliphatic heterocycles. The molecule has 0 aliphatic carbocycles. The van der Waals surface area contributed by atoms with E-state index in [2.05, 4.69) is 55.0 Å². The lowest BCUT2D eigenvalue weighted by Crippen LogP contribution is -2.41. The Morgan fingerprint density at radius 2 is 1.40 bits per heavy atom. The molecule has 0 unspecified atom stereocenters. The summed E-state index contributed by atoms with van der Waals surface area (Å²) in [4.78, 5) is 9.09. The molecule has 0 saturated carbocycles. The van der Waals surface area contributed by atoms with Crippen molar-refractivity contribution < 1.29 is 9.31 Å². The first-order chi connectivity index (χ1) is 11.5. The topological polar surface area (TPSA) is 44.2 Å². The van der Waals surface area contributed by atoms with E-state index < -0.39 is 7.12 Å². The van der Waals surface area contributed by atoms with E-state index in [1.165, 1.54) is 5.56 Å². The summed E-state index contributed by atoms with van der Waals surface area (Å²) < 4.78 is 12.0. The van der Waals surface area contributed by atoms with E-state index in [9.17, 15) is 0 Å². The lowest BCUT2D eigenvalue weighted by molar-refractivity contribution is 0.00578. The first-order valence-electron chi connectivity index (χ1n) is 8.78. The van der Waals surface area contributed by atoms with Crippen molar-refractivity contribution >= 4 is 12.7 Å². The van der Waals surface area contributed by atoms with Gasteiger partial charge in [-0.2, -0.15) is 0 Å². The third-order valence-corrected chi connectivity index (χ3v) is 5.21. The first-order valence-corrected chi connectivity index (χ1v) is 8.78. The maximum atomic E-state index is 6.02. The van der Waals surface area contributed by atoms with Gasteiger partial charge in [0.1, 0.15) is 0 Å². The number of nitrogens with zero attached hydrogens (tertiary/aromatic N) is 2. The Labute approximate surface area is 151 Å². The molecule has 1 aliphatic rings. The van der Waals surface area contributed by atoms with Gasteiger partial charge in [-0.25, -0.2) is 0 Å². The van der Waals surface area contributed by atoms with Gasteiger partial charge in [0.25, 0.3) is 0 Å². The van der Waals surface area contributed by atoms with Gasteiger partial charge in [0.15, 0.2) is 0 Å². The second kappa shape index (κ2) is 5.92. The molecule has 2 aromatic rings. The molecular formula is C20H27BN2O2. The number of hydrogen-bond acceptors (Lipinski definition) is 4. The summed E-state index contributed by atoms with van der Waals surface area (Å²) in [6.07, 6.45) is 3.53. The zero-order valence-electron chi connectivity index (χ0n) is 16.3. The summed E-state index contributed by atoms with van der Waals surface area (Å²) in [5.41, 5.74) is 3.31. The van der Waals surface area contributed by atoms with Gasteiger partial charge >= 0.3 is 7.12 Å². The van der Waals surface area contributed by atoms with Crippen molar-refractivity contribution in [1.29, 1.82) is 0 Å². The van der Waals surface area contributed by atoms with Crippen LogP contribution < -0.4 is 5.59 Å². The second-order valence-electron chi connectivity index (χ2n) is 8.74. The van der Waals surface area contributed by atoms with Gasteiger partial charge in [-0.05, 0) is 38.7 Å². The van der Waals surface area contributed by atoms with Crippen molar-refractivity contribution in [2.24, 2.45) is 0 Å². The highest BCUT2D eigenvalue weighted by atomic mass is 16.7. The molecule has 1 saturated heterocycles. The highest BCUT2D eigenvalue weighted by molar-refractivity contribution is 6.61. The maximum absolute atomic E-state index is 6.02. The van der Waals surface area contributed by atoms with E-state index in [0.717, 1.165) is 11.3 Å². The van der Waals surface area contributed by atoms with Crippen LogP contribution in [0.4, 0.5) is 0 Å². The molecule has 0 radical (unpaired) electrons. The molecule has 25 heavy (non-hydrogen) atoms. The summed E-state index contributed by atoms with van der Waals surface area (Å²) in [7, 11) is -0.477. The number of rotatable bonds is 2. The van der Waals surface area contributed by atoms with Crippen LogP contribution in [0.1, 0.15) is 54.0 Å². The van der Waals surface area contributed by atoms with Crippen LogP contribution >= 0.6 is 0 Å². The van der Waals surface area contributed by atoms with Gasteiger partial charge in [0.2, 0.25) is 0 Å². The molecule has 0 atom stereocenters. The Kier molecular flexibility index (Phi) is 4.29. The van der Waals surface area contributed by atoms with Crippen molar-refractivity contribution in [3.8, 4) is 11.3 Å². The Morgan fingerprint density at radius 3 is 1.84 bits per heavy atom. The van der Waals surface area contributed by atoms with E-state index in [-0.39, 0.29) is 16.6 Å². The summed E-state index contributed by atoms with van der Waals surface area (Å²) in [5, 5.41) is 0. The van der Waals surface area contributed by atoms with Crippen molar-refractivity contribution in [3.63, 3.8) is 0 Å². The van der Waals surface area contributed by atoms with Crippen molar-refractivity contribution in [2.45, 2.75) is 65.1 Å². The largest absolute Gasteiger partial charge is 0.516 e. The van der Waals surface area contributed by atoms with E-state index in [1.807, 2.05) is 27.7 Å². The lowest BCUT2D eigenvalue weighted by Gasteiger charge is -2.32. The molecule has 4 nitrogen and oxygen atoms in total. The standard InChI is InChI=1S/C20H27BN2O2/c1-18(2,3)15-10-8-14(9-11-15)16-12-23-17(13-22-16)21-24-19(4,5)20(6,7)25-21/h8-13H,1-7H3. The van der Waals surface area contributed by atoms with Gasteiger partial charge < -0.3 is 9.31 Å². The van der Waals surface area contributed by atoms with Crippen LogP contribution in [0.5, 0.6) is 0 Å². The highest BCUT2D eigenvalue weighted by Gasteiger charge is 2.52. The average Bonchev–Trinajstić information content (AvgIpc) is 2.75. The molecule has 0 spiro atoms. The lowest BCUT2D eigenvalue weighted by atomic mass is 9.85. The van der Waals surface area contributed by atoms with Crippen LogP contribution in [0.15, 0.2) is 36.7 Å². The van der Waals surface area contributed by atoms with E-state index in [4.69, 9.17) is 9.31 Å². The Morgan fingerprint density at radius 1 is 0.840 bits per heavy atom.